The predicted octanol–water partition coefficient (Wildman–Crippen LogP) is -0.573. The molecule has 0 saturated carbocycles. The largest absolute Gasteiger partial charge is 0.378 e. The first-order valence-electron chi connectivity index (χ1n) is 5.82. The van der Waals surface area contributed by atoms with Crippen LogP contribution >= 0.6 is 0 Å². The van der Waals surface area contributed by atoms with Crippen molar-refractivity contribution in [3.8, 4) is 0 Å². The molecule has 1 atom stereocenters. The number of rotatable bonds is 3. The van der Waals surface area contributed by atoms with Crippen LogP contribution in [0.4, 0.5) is 5.69 Å². The highest BCUT2D eigenvalue weighted by atomic mass is 16.5. The fourth-order valence-corrected chi connectivity index (χ4v) is 1.83. The summed E-state index contributed by atoms with van der Waals surface area (Å²) in [6, 6.07) is 1.54. The molecule has 0 aromatic carbocycles. The number of hydrogen-bond donors (Lipinski definition) is 1. The van der Waals surface area contributed by atoms with Crippen LogP contribution in [0, 0.1) is 0 Å². The fraction of sp³-hybridized carbons (Fsp3) is 0.636. The Morgan fingerprint density at radius 1 is 1.53 bits per heavy atom. The second kappa shape index (κ2) is 5.29. The number of morpholine rings is 1. The summed E-state index contributed by atoms with van der Waals surface area (Å²) in [6.45, 7) is 5.30. The van der Waals surface area contributed by atoms with Crippen LogP contribution in [0.3, 0.4) is 0 Å². The van der Waals surface area contributed by atoms with E-state index in [0.29, 0.717) is 19.8 Å². The number of ether oxygens (including phenoxy) is 1. The second-order valence-corrected chi connectivity index (χ2v) is 4.31. The average molecular weight is 238 g/mol. The molecule has 2 rings (SSSR count). The van der Waals surface area contributed by atoms with Gasteiger partial charge in [0.05, 0.1) is 31.6 Å². The fourth-order valence-electron chi connectivity index (χ4n) is 1.83. The summed E-state index contributed by atoms with van der Waals surface area (Å²) in [5.41, 5.74) is 6.40. The molecule has 6 heteroatoms. The first-order valence-corrected chi connectivity index (χ1v) is 5.82. The van der Waals surface area contributed by atoms with Crippen LogP contribution in [-0.4, -0.2) is 42.1 Å². The van der Waals surface area contributed by atoms with E-state index in [9.17, 15) is 4.79 Å². The summed E-state index contributed by atoms with van der Waals surface area (Å²) in [4.78, 5) is 13.9. The van der Waals surface area contributed by atoms with Crippen molar-refractivity contribution in [2.75, 3.05) is 31.2 Å². The summed E-state index contributed by atoms with van der Waals surface area (Å²) in [6.07, 6.45) is 1.72. The third kappa shape index (κ3) is 3.04. The number of hydrogen-bond acceptors (Lipinski definition) is 5. The minimum absolute atomic E-state index is 0.0746. The molecule has 0 aliphatic carbocycles. The van der Waals surface area contributed by atoms with Crippen LogP contribution in [0.1, 0.15) is 6.92 Å². The van der Waals surface area contributed by atoms with Gasteiger partial charge in [0.2, 0.25) is 0 Å². The topological polar surface area (TPSA) is 73.4 Å². The predicted molar refractivity (Wildman–Crippen MR) is 65.2 cm³/mol. The molecule has 17 heavy (non-hydrogen) atoms. The van der Waals surface area contributed by atoms with Gasteiger partial charge in [0.15, 0.2) is 0 Å². The minimum atomic E-state index is -0.105. The molecule has 1 aliphatic heterocycles. The number of nitrogens with two attached hydrogens (primary N) is 1. The third-order valence-electron chi connectivity index (χ3n) is 2.69. The lowest BCUT2D eigenvalue weighted by Gasteiger charge is -2.28. The number of aromatic nitrogens is 2. The lowest BCUT2D eigenvalue weighted by molar-refractivity contribution is 0.122. The number of nitrogens with zero attached hydrogens (tertiary/aromatic N) is 3. The van der Waals surface area contributed by atoms with Crippen molar-refractivity contribution in [1.29, 1.82) is 0 Å². The molecule has 1 fully saturated rings. The molecule has 1 aliphatic rings. The molecular formula is C11H18N4O2. The highest BCUT2D eigenvalue weighted by Crippen LogP contribution is 2.11. The van der Waals surface area contributed by atoms with Gasteiger partial charge in [0.1, 0.15) is 0 Å². The quantitative estimate of drug-likeness (QED) is 0.763. The molecule has 0 bridgehead atoms. The SMILES string of the molecule is CC(N)Cn1ncc(N2CCOCC2)cc1=O. The molecule has 94 valence electrons. The Labute approximate surface area is 100.0 Å². The lowest BCUT2D eigenvalue weighted by Crippen LogP contribution is -2.38. The maximum Gasteiger partial charge on any atom is 0.268 e. The van der Waals surface area contributed by atoms with Gasteiger partial charge in [-0.05, 0) is 6.92 Å². The standard InChI is InChI=1S/C11H18N4O2/c1-9(12)8-15-11(16)6-10(7-13-15)14-2-4-17-5-3-14/h6-7,9H,2-5,8,12H2,1H3. The number of anilines is 1. The Hall–Kier alpha value is -1.40. The summed E-state index contributed by atoms with van der Waals surface area (Å²) in [5, 5.41) is 4.14. The van der Waals surface area contributed by atoms with E-state index < -0.39 is 0 Å². The van der Waals surface area contributed by atoms with Crippen molar-refractivity contribution in [1.82, 2.24) is 9.78 Å². The Morgan fingerprint density at radius 3 is 2.82 bits per heavy atom. The molecule has 0 spiro atoms. The maximum atomic E-state index is 11.8. The van der Waals surface area contributed by atoms with Crippen LogP contribution in [0.25, 0.3) is 0 Å². The Morgan fingerprint density at radius 2 is 2.24 bits per heavy atom. The zero-order valence-electron chi connectivity index (χ0n) is 10.0. The molecule has 1 aromatic heterocycles. The van der Waals surface area contributed by atoms with Crippen LogP contribution in [0.2, 0.25) is 0 Å². The van der Waals surface area contributed by atoms with E-state index in [1.807, 2.05) is 6.92 Å². The average Bonchev–Trinajstić information content (AvgIpc) is 2.32. The molecule has 1 aromatic rings. The van der Waals surface area contributed by atoms with Crippen LogP contribution in [-0.2, 0) is 11.3 Å². The van der Waals surface area contributed by atoms with E-state index in [-0.39, 0.29) is 11.6 Å². The van der Waals surface area contributed by atoms with Crippen molar-refractivity contribution >= 4 is 5.69 Å². The maximum absolute atomic E-state index is 11.8. The minimum Gasteiger partial charge on any atom is -0.378 e. The van der Waals surface area contributed by atoms with Gasteiger partial charge < -0.3 is 15.4 Å². The van der Waals surface area contributed by atoms with Gasteiger partial charge in [-0.2, -0.15) is 5.10 Å². The van der Waals surface area contributed by atoms with Gasteiger partial charge in [0.25, 0.3) is 5.56 Å². The summed E-state index contributed by atoms with van der Waals surface area (Å²) in [5.74, 6) is 0. The van der Waals surface area contributed by atoms with Gasteiger partial charge in [-0.15, -0.1) is 0 Å². The van der Waals surface area contributed by atoms with Crippen molar-refractivity contribution in [2.24, 2.45) is 5.73 Å². The molecule has 0 amide bonds. The molecule has 2 heterocycles. The highest BCUT2D eigenvalue weighted by molar-refractivity contribution is 5.43. The molecule has 1 saturated heterocycles. The van der Waals surface area contributed by atoms with Gasteiger partial charge >= 0.3 is 0 Å². The Kier molecular flexibility index (Phi) is 3.75. The first kappa shape index (κ1) is 12.1. The molecule has 1 unspecified atom stereocenters. The van der Waals surface area contributed by atoms with Gasteiger partial charge in [-0.25, -0.2) is 4.68 Å². The molecule has 0 radical (unpaired) electrons. The summed E-state index contributed by atoms with van der Waals surface area (Å²) in [7, 11) is 0. The van der Waals surface area contributed by atoms with Crippen LogP contribution in [0.5, 0.6) is 0 Å². The monoisotopic (exact) mass is 238 g/mol. The zero-order valence-corrected chi connectivity index (χ0v) is 10.0. The van der Waals surface area contributed by atoms with Gasteiger partial charge in [-0.1, -0.05) is 0 Å². The normalized spacial score (nSPS) is 18.1. The van der Waals surface area contributed by atoms with E-state index in [1.54, 1.807) is 12.3 Å². The van der Waals surface area contributed by atoms with Crippen LogP contribution < -0.4 is 16.2 Å². The second-order valence-electron chi connectivity index (χ2n) is 4.31. The Bertz CT molecular complexity index is 424. The smallest absolute Gasteiger partial charge is 0.268 e. The van der Waals surface area contributed by atoms with Crippen LogP contribution in [0.15, 0.2) is 17.1 Å². The van der Waals surface area contributed by atoms with E-state index >= 15 is 0 Å². The van der Waals surface area contributed by atoms with E-state index in [2.05, 4.69) is 10.00 Å². The van der Waals surface area contributed by atoms with Crippen molar-refractivity contribution in [2.45, 2.75) is 19.5 Å². The van der Waals surface area contributed by atoms with Crippen molar-refractivity contribution in [3.63, 3.8) is 0 Å². The van der Waals surface area contributed by atoms with Crippen molar-refractivity contribution < 1.29 is 4.74 Å². The third-order valence-corrected chi connectivity index (χ3v) is 2.69. The van der Waals surface area contributed by atoms with E-state index in [4.69, 9.17) is 10.5 Å². The van der Waals surface area contributed by atoms with Gasteiger partial charge in [0, 0.05) is 25.2 Å². The van der Waals surface area contributed by atoms with E-state index in [0.717, 1.165) is 18.8 Å². The molecular weight excluding hydrogens is 220 g/mol. The van der Waals surface area contributed by atoms with Crippen molar-refractivity contribution in [3.05, 3.63) is 22.6 Å². The first-order chi connectivity index (χ1) is 8.16. The lowest BCUT2D eigenvalue weighted by atomic mass is 10.3. The molecule has 2 N–H and O–H groups in total. The summed E-state index contributed by atoms with van der Waals surface area (Å²) < 4.78 is 6.66. The van der Waals surface area contributed by atoms with Gasteiger partial charge in [-0.3, -0.25) is 4.79 Å². The van der Waals surface area contributed by atoms with E-state index in [1.165, 1.54) is 4.68 Å². The molecule has 6 nitrogen and oxygen atoms in total. The zero-order chi connectivity index (χ0) is 12.3. The Balaban J connectivity index is 2.15. The summed E-state index contributed by atoms with van der Waals surface area (Å²) >= 11 is 0. The highest BCUT2D eigenvalue weighted by Gasteiger charge is 2.12.